The maximum atomic E-state index is 12.5. The lowest BCUT2D eigenvalue weighted by Crippen LogP contribution is -2.31. The number of furan rings is 1. The van der Waals surface area contributed by atoms with E-state index in [-0.39, 0.29) is 16.8 Å². The molecule has 0 fully saturated rings. The van der Waals surface area contributed by atoms with E-state index in [9.17, 15) is 13.2 Å². The fourth-order valence-corrected chi connectivity index (χ4v) is 4.27. The van der Waals surface area contributed by atoms with Gasteiger partial charge in [0.05, 0.1) is 11.2 Å². The SMILES string of the molecule is CCN(CC)S(=O)(=O)c1ccc(/C=C/C(=O)NC(C)CCc2ccco2)cc1. The highest BCUT2D eigenvalue weighted by Gasteiger charge is 2.20. The van der Waals surface area contributed by atoms with Gasteiger partial charge in [-0.1, -0.05) is 26.0 Å². The number of carbonyl (C=O) groups is 1. The fourth-order valence-electron chi connectivity index (χ4n) is 2.81. The summed E-state index contributed by atoms with van der Waals surface area (Å²) in [6, 6.07) is 10.3. The smallest absolute Gasteiger partial charge is 0.244 e. The largest absolute Gasteiger partial charge is 0.469 e. The van der Waals surface area contributed by atoms with E-state index in [1.165, 1.54) is 10.4 Å². The van der Waals surface area contributed by atoms with Crippen LogP contribution in [0.25, 0.3) is 6.08 Å². The van der Waals surface area contributed by atoms with Crippen molar-refractivity contribution >= 4 is 22.0 Å². The number of hydrogen-bond donors (Lipinski definition) is 1. The minimum absolute atomic E-state index is 0.0174. The van der Waals surface area contributed by atoms with Crippen LogP contribution in [0.2, 0.25) is 0 Å². The third-order valence-electron chi connectivity index (χ3n) is 4.44. The van der Waals surface area contributed by atoms with Crippen molar-refractivity contribution in [3.63, 3.8) is 0 Å². The van der Waals surface area contributed by atoms with Crippen molar-refractivity contribution in [3.8, 4) is 0 Å². The zero-order valence-corrected chi connectivity index (χ0v) is 17.4. The Hall–Kier alpha value is -2.38. The lowest BCUT2D eigenvalue weighted by atomic mass is 10.1. The van der Waals surface area contributed by atoms with Crippen molar-refractivity contribution in [2.45, 2.75) is 44.6 Å². The van der Waals surface area contributed by atoms with Gasteiger partial charge in [0.2, 0.25) is 15.9 Å². The summed E-state index contributed by atoms with van der Waals surface area (Å²) in [6.45, 7) is 6.43. The highest BCUT2D eigenvalue weighted by atomic mass is 32.2. The molecule has 1 N–H and O–H groups in total. The fraction of sp³-hybridized carbons (Fsp3) is 0.381. The minimum Gasteiger partial charge on any atom is -0.469 e. The second-order valence-electron chi connectivity index (χ2n) is 6.52. The number of benzene rings is 1. The Labute approximate surface area is 167 Å². The molecule has 0 aliphatic heterocycles. The average molecular weight is 405 g/mol. The highest BCUT2D eigenvalue weighted by Crippen LogP contribution is 2.16. The van der Waals surface area contributed by atoms with Gasteiger partial charge >= 0.3 is 0 Å². The number of carbonyl (C=O) groups excluding carboxylic acids is 1. The predicted molar refractivity (Wildman–Crippen MR) is 110 cm³/mol. The summed E-state index contributed by atoms with van der Waals surface area (Å²) >= 11 is 0. The van der Waals surface area contributed by atoms with Gasteiger partial charge in [-0.3, -0.25) is 4.79 Å². The van der Waals surface area contributed by atoms with E-state index in [2.05, 4.69) is 5.32 Å². The number of sulfonamides is 1. The summed E-state index contributed by atoms with van der Waals surface area (Å²) in [5.41, 5.74) is 0.761. The third kappa shape index (κ3) is 6.07. The zero-order chi connectivity index (χ0) is 20.6. The first-order chi connectivity index (χ1) is 13.4. The minimum atomic E-state index is -3.47. The summed E-state index contributed by atoms with van der Waals surface area (Å²) in [6.07, 6.45) is 6.31. The molecule has 2 rings (SSSR count). The van der Waals surface area contributed by atoms with Crippen LogP contribution in [0, 0.1) is 0 Å². The van der Waals surface area contributed by atoms with Gasteiger partial charge in [0.1, 0.15) is 5.76 Å². The molecule has 28 heavy (non-hydrogen) atoms. The molecule has 0 aliphatic rings. The molecule has 1 heterocycles. The lowest BCUT2D eigenvalue weighted by Gasteiger charge is -2.18. The molecule has 7 heteroatoms. The van der Waals surface area contributed by atoms with E-state index >= 15 is 0 Å². The number of rotatable bonds is 10. The molecule has 0 bridgehead atoms. The van der Waals surface area contributed by atoms with Gasteiger partial charge in [-0.15, -0.1) is 0 Å². The molecule has 1 amide bonds. The van der Waals surface area contributed by atoms with Gasteiger partial charge in [-0.2, -0.15) is 4.31 Å². The number of aryl methyl sites for hydroxylation is 1. The highest BCUT2D eigenvalue weighted by molar-refractivity contribution is 7.89. The van der Waals surface area contributed by atoms with Crippen molar-refractivity contribution in [3.05, 3.63) is 60.1 Å². The number of hydrogen-bond acceptors (Lipinski definition) is 4. The average Bonchev–Trinajstić information content (AvgIpc) is 3.19. The van der Waals surface area contributed by atoms with E-state index in [1.54, 1.807) is 36.6 Å². The van der Waals surface area contributed by atoms with Crippen molar-refractivity contribution < 1.29 is 17.6 Å². The molecule has 1 aromatic carbocycles. The van der Waals surface area contributed by atoms with Crippen molar-refractivity contribution in [1.29, 1.82) is 0 Å². The number of nitrogens with one attached hydrogen (secondary N) is 1. The molecule has 152 valence electrons. The molecule has 2 aromatic rings. The predicted octanol–water partition coefficient (Wildman–Crippen LogP) is 3.46. The van der Waals surface area contributed by atoms with Crippen molar-refractivity contribution in [2.24, 2.45) is 0 Å². The molecule has 0 saturated carbocycles. The Balaban J connectivity index is 1.90. The monoisotopic (exact) mass is 404 g/mol. The molecule has 0 saturated heterocycles. The summed E-state index contributed by atoms with van der Waals surface area (Å²) < 4.78 is 31.7. The van der Waals surface area contributed by atoms with E-state index in [0.717, 1.165) is 24.2 Å². The quantitative estimate of drug-likeness (QED) is 0.615. The van der Waals surface area contributed by atoms with Crippen LogP contribution in [0.5, 0.6) is 0 Å². The van der Waals surface area contributed by atoms with Crippen LogP contribution in [0.3, 0.4) is 0 Å². The van der Waals surface area contributed by atoms with Crippen LogP contribution < -0.4 is 5.32 Å². The van der Waals surface area contributed by atoms with E-state index in [0.29, 0.717) is 13.1 Å². The Morgan fingerprint density at radius 1 is 1.18 bits per heavy atom. The van der Waals surface area contributed by atoms with E-state index < -0.39 is 10.0 Å². The van der Waals surface area contributed by atoms with Gasteiger partial charge in [0, 0.05) is 31.6 Å². The second kappa shape index (κ2) is 10.2. The lowest BCUT2D eigenvalue weighted by molar-refractivity contribution is -0.117. The van der Waals surface area contributed by atoms with Crippen molar-refractivity contribution in [1.82, 2.24) is 9.62 Å². The first kappa shape index (κ1) is 21.9. The molecule has 6 nitrogen and oxygen atoms in total. The van der Waals surface area contributed by atoms with Gasteiger partial charge in [-0.05, 0) is 49.2 Å². The maximum Gasteiger partial charge on any atom is 0.244 e. The molecule has 0 aliphatic carbocycles. The Kier molecular flexibility index (Phi) is 8.02. The van der Waals surface area contributed by atoms with Crippen LogP contribution in [0.1, 0.15) is 38.5 Å². The van der Waals surface area contributed by atoms with Crippen LogP contribution in [0.15, 0.2) is 58.1 Å². The van der Waals surface area contributed by atoms with Crippen LogP contribution in [-0.2, 0) is 21.2 Å². The topological polar surface area (TPSA) is 79.6 Å². The molecule has 0 radical (unpaired) electrons. The van der Waals surface area contributed by atoms with Gasteiger partial charge < -0.3 is 9.73 Å². The number of amides is 1. The molecule has 1 aromatic heterocycles. The summed E-state index contributed by atoms with van der Waals surface area (Å²) in [7, 11) is -3.47. The molecule has 1 atom stereocenters. The third-order valence-corrected chi connectivity index (χ3v) is 6.51. The van der Waals surface area contributed by atoms with Crippen molar-refractivity contribution in [2.75, 3.05) is 13.1 Å². The first-order valence-electron chi connectivity index (χ1n) is 9.48. The van der Waals surface area contributed by atoms with Crippen LogP contribution >= 0.6 is 0 Å². The van der Waals surface area contributed by atoms with E-state index in [1.807, 2.05) is 32.9 Å². The normalized spacial score (nSPS) is 13.1. The molecule has 1 unspecified atom stereocenters. The van der Waals surface area contributed by atoms with Crippen LogP contribution in [0.4, 0.5) is 0 Å². The summed E-state index contributed by atoms with van der Waals surface area (Å²) in [5.74, 6) is 0.711. The Morgan fingerprint density at radius 3 is 2.43 bits per heavy atom. The van der Waals surface area contributed by atoms with Crippen LogP contribution in [-0.4, -0.2) is 37.8 Å². The molecule has 0 spiro atoms. The first-order valence-corrected chi connectivity index (χ1v) is 10.9. The van der Waals surface area contributed by atoms with Gasteiger partial charge in [-0.25, -0.2) is 8.42 Å². The maximum absolute atomic E-state index is 12.5. The molecular weight excluding hydrogens is 376 g/mol. The summed E-state index contributed by atoms with van der Waals surface area (Å²) in [5, 5.41) is 2.91. The number of nitrogens with zero attached hydrogens (tertiary/aromatic N) is 1. The Morgan fingerprint density at radius 2 is 1.86 bits per heavy atom. The van der Waals surface area contributed by atoms with Gasteiger partial charge in [0.15, 0.2) is 0 Å². The zero-order valence-electron chi connectivity index (χ0n) is 16.6. The second-order valence-corrected chi connectivity index (χ2v) is 8.46. The Bertz CT molecular complexity index is 868. The summed E-state index contributed by atoms with van der Waals surface area (Å²) in [4.78, 5) is 12.3. The molecular formula is C21H28N2O4S. The van der Waals surface area contributed by atoms with E-state index in [4.69, 9.17) is 4.42 Å². The van der Waals surface area contributed by atoms with Gasteiger partial charge in [0.25, 0.3) is 0 Å². The standard InChI is InChI=1S/C21H28N2O4S/c1-4-23(5-2)28(25,26)20-13-9-18(10-14-20)11-15-21(24)22-17(3)8-12-19-7-6-16-27-19/h6-7,9-11,13-17H,4-5,8,12H2,1-3H3,(H,22,24)/b15-11+.